The van der Waals surface area contributed by atoms with Gasteiger partial charge in [0.15, 0.2) is 0 Å². The zero-order chi connectivity index (χ0) is 16.6. The largest absolute Gasteiger partial charge is 0.497 e. The summed E-state index contributed by atoms with van der Waals surface area (Å²) in [7, 11) is 1.63. The summed E-state index contributed by atoms with van der Waals surface area (Å²) in [6, 6.07) is 7.80. The molecular weight excluding hydrogens is 292 g/mol. The van der Waals surface area contributed by atoms with Gasteiger partial charge in [0.2, 0.25) is 0 Å². The van der Waals surface area contributed by atoms with Crippen LogP contribution in [0.2, 0.25) is 0 Å². The Kier molecular flexibility index (Phi) is 4.23. The average molecular weight is 318 g/mol. The Hall–Kier alpha value is -1.75. The molecule has 5 heteroatoms. The van der Waals surface area contributed by atoms with E-state index in [2.05, 4.69) is 4.90 Å². The molecule has 1 atom stereocenters. The Balaban J connectivity index is 1.94. The maximum atomic E-state index is 12.1. The maximum absolute atomic E-state index is 12.1. The normalized spacial score (nSPS) is 26.8. The van der Waals surface area contributed by atoms with Crippen LogP contribution in [0.1, 0.15) is 32.3 Å². The van der Waals surface area contributed by atoms with E-state index in [1.54, 1.807) is 12.0 Å². The lowest BCUT2D eigenvalue weighted by Crippen LogP contribution is -2.62. The molecule has 1 aromatic rings. The molecule has 3 fully saturated rings. The molecule has 1 N–H and O–H groups in total. The SMILES string of the molecule is COc1cccc(C(C)(C)N(C(=O)O)C2CN3CCC2CC3)c1. The number of hydrogen-bond acceptors (Lipinski definition) is 3. The summed E-state index contributed by atoms with van der Waals surface area (Å²) < 4.78 is 5.31. The highest BCUT2D eigenvalue weighted by Gasteiger charge is 2.45. The van der Waals surface area contributed by atoms with Crippen molar-refractivity contribution in [3.05, 3.63) is 29.8 Å². The molecule has 3 aliphatic rings. The number of rotatable bonds is 4. The lowest BCUT2D eigenvalue weighted by atomic mass is 9.80. The van der Waals surface area contributed by atoms with Gasteiger partial charge in [-0.3, -0.25) is 4.90 Å². The zero-order valence-corrected chi connectivity index (χ0v) is 14.2. The maximum Gasteiger partial charge on any atom is 0.408 e. The summed E-state index contributed by atoms with van der Waals surface area (Å²) in [5, 5.41) is 9.95. The first-order valence-electron chi connectivity index (χ1n) is 8.32. The first-order valence-corrected chi connectivity index (χ1v) is 8.32. The third-order valence-electron chi connectivity index (χ3n) is 5.54. The van der Waals surface area contributed by atoms with Crippen LogP contribution < -0.4 is 4.74 Å². The lowest BCUT2D eigenvalue weighted by molar-refractivity contribution is -0.0289. The van der Waals surface area contributed by atoms with E-state index in [-0.39, 0.29) is 6.04 Å². The number of ether oxygens (including phenoxy) is 1. The first kappa shape index (κ1) is 16.1. The fourth-order valence-electron chi connectivity index (χ4n) is 4.16. The van der Waals surface area contributed by atoms with Gasteiger partial charge in [-0.2, -0.15) is 0 Å². The monoisotopic (exact) mass is 318 g/mol. The molecule has 0 radical (unpaired) electrons. The van der Waals surface area contributed by atoms with Crippen molar-refractivity contribution in [2.45, 2.75) is 38.3 Å². The third kappa shape index (κ3) is 2.90. The molecule has 0 spiro atoms. The zero-order valence-electron chi connectivity index (χ0n) is 14.2. The summed E-state index contributed by atoms with van der Waals surface area (Å²) in [5.74, 6) is 1.23. The van der Waals surface area contributed by atoms with Crippen molar-refractivity contribution >= 4 is 6.09 Å². The van der Waals surface area contributed by atoms with Crippen LogP contribution in [-0.2, 0) is 5.54 Å². The van der Waals surface area contributed by atoms with Crippen LogP contribution in [-0.4, -0.2) is 53.8 Å². The van der Waals surface area contributed by atoms with Crippen molar-refractivity contribution in [3.8, 4) is 5.75 Å². The van der Waals surface area contributed by atoms with Crippen LogP contribution in [0, 0.1) is 5.92 Å². The second-order valence-corrected chi connectivity index (χ2v) is 7.15. The van der Waals surface area contributed by atoms with Crippen LogP contribution in [0.25, 0.3) is 0 Å². The van der Waals surface area contributed by atoms with Gasteiger partial charge >= 0.3 is 6.09 Å². The van der Waals surface area contributed by atoms with E-state index in [4.69, 9.17) is 4.74 Å². The summed E-state index contributed by atoms with van der Waals surface area (Å²) in [5.41, 5.74) is 0.375. The molecule has 5 nitrogen and oxygen atoms in total. The second-order valence-electron chi connectivity index (χ2n) is 7.15. The van der Waals surface area contributed by atoms with Gasteiger partial charge in [-0.25, -0.2) is 4.79 Å². The van der Waals surface area contributed by atoms with Gasteiger partial charge in [0, 0.05) is 6.54 Å². The number of amides is 1. The molecule has 0 saturated carbocycles. The smallest absolute Gasteiger partial charge is 0.408 e. The number of fused-ring (bicyclic) bond motifs is 3. The van der Waals surface area contributed by atoms with Gasteiger partial charge in [0.25, 0.3) is 0 Å². The van der Waals surface area contributed by atoms with Crippen LogP contribution in [0.3, 0.4) is 0 Å². The minimum atomic E-state index is -0.837. The molecule has 1 aromatic carbocycles. The molecule has 3 saturated heterocycles. The summed E-state index contributed by atoms with van der Waals surface area (Å²) in [6.45, 7) is 7.05. The van der Waals surface area contributed by atoms with E-state index in [0.717, 1.165) is 43.8 Å². The molecular formula is C18H26N2O3. The Morgan fingerprint density at radius 1 is 1.35 bits per heavy atom. The van der Waals surface area contributed by atoms with Crippen LogP contribution in [0.5, 0.6) is 5.75 Å². The predicted octanol–water partition coefficient (Wildman–Crippen LogP) is 3.00. The lowest BCUT2D eigenvalue weighted by Gasteiger charge is -2.52. The molecule has 0 aliphatic carbocycles. The highest BCUT2D eigenvalue weighted by Crippen LogP contribution is 2.38. The first-order chi connectivity index (χ1) is 10.9. The molecule has 3 heterocycles. The van der Waals surface area contributed by atoms with E-state index in [1.807, 2.05) is 38.1 Å². The quantitative estimate of drug-likeness (QED) is 0.927. The number of piperidine rings is 3. The number of carbonyl (C=O) groups is 1. The predicted molar refractivity (Wildman–Crippen MR) is 88.8 cm³/mol. The van der Waals surface area contributed by atoms with Crippen LogP contribution in [0.4, 0.5) is 4.79 Å². The molecule has 0 aromatic heterocycles. The van der Waals surface area contributed by atoms with Crippen molar-refractivity contribution in [1.29, 1.82) is 0 Å². The molecule has 1 amide bonds. The Morgan fingerprint density at radius 3 is 2.57 bits per heavy atom. The van der Waals surface area contributed by atoms with E-state index in [0.29, 0.717) is 5.92 Å². The van der Waals surface area contributed by atoms with E-state index in [1.165, 1.54) is 0 Å². The standard InChI is InChI=1S/C18H26N2O3/c1-18(2,14-5-4-6-15(11-14)23-3)20(17(21)22)16-12-19-9-7-13(16)8-10-19/h4-6,11,13,16H,7-10,12H2,1-3H3,(H,21,22). The molecule has 4 rings (SSSR count). The molecule has 1 unspecified atom stereocenters. The fraction of sp³-hybridized carbons (Fsp3) is 0.611. The summed E-state index contributed by atoms with van der Waals surface area (Å²) in [4.78, 5) is 16.2. The summed E-state index contributed by atoms with van der Waals surface area (Å²) >= 11 is 0. The molecule has 3 aliphatic heterocycles. The van der Waals surface area contributed by atoms with E-state index >= 15 is 0 Å². The Morgan fingerprint density at radius 2 is 2.04 bits per heavy atom. The van der Waals surface area contributed by atoms with Crippen molar-refractivity contribution < 1.29 is 14.6 Å². The van der Waals surface area contributed by atoms with Gasteiger partial charge in [-0.1, -0.05) is 12.1 Å². The van der Waals surface area contributed by atoms with Crippen molar-refractivity contribution in [3.63, 3.8) is 0 Å². The van der Waals surface area contributed by atoms with Crippen LogP contribution in [0.15, 0.2) is 24.3 Å². The minimum Gasteiger partial charge on any atom is -0.497 e. The Bertz CT molecular complexity index is 579. The van der Waals surface area contributed by atoms with Crippen molar-refractivity contribution in [1.82, 2.24) is 9.80 Å². The molecule has 2 bridgehead atoms. The highest BCUT2D eigenvalue weighted by atomic mass is 16.5. The number of nitrogens with zero attached hydrogens (tertiary/aromatic N) is 2. The summed E-state index contributed by atoms with van der Waals surface area (Å²) in [6.07, 6.45) is 1.36. The highest BCUT2D eigenvalue weighted by molar-refractivity contribution is 5.67. The number of methoxy groups -OCH3 is 1. The number of carboxylic acid groups (broad SMARTS) is 1. The van der Waals surface area contributed by atoms with Gasteiger partial charge in [-0.15, -0.1) is 0 Å². The Labute approximate surface area is 137 Å². The minimum absolute atomic E-state index is 0.0659. The van der Waals surface area contributed by atoms with Crippen molar-refractivity contribution in [2.75, 3.05) is 26.7 Å². The van der Waals surface area contributed by atoms with Gasteiger partial charge in [0.1, 0.15) is 5.75 Å². The molecule has 126 valence electrons. The van der Waals surface area contributed by atoms with Gasteiger partial charge < -0.3 is 14.7 Å². The van der Waals surface area contributed by atoms with E-state index in [9.17, 15) is 9.90 Å². The fourth-order valence-corrected chi connectivity index (χ4v) is 4.16. The van der Waals surface area contributed by atoms with Crippen molar-refractivity contribution in [2.24, 2.45) is 5.92 Å². The third-order valence-corrected chi connectivity index (χ3v) is 5.54. The topological polar surface area (TPSA) is 53.0 Å². The number of benzene rings is 1. The number of hydrogen-bond donors (Lipinski definition) is 1. The van der Waals surface area contributed by atoms with Gasteiger partial charge in [0.05, 0.1) is 18.7 Å². The van der Waals surface area contributed by atoms with Gasteiger partial charge in [-0.05, 0) is 63.4 Å². The second kappa shape index (κ2) is 6.04. The van der Waals surface area contributed by atoms with Crippen LogP contribution >= 0.6 is 0 Å². The molecule has 23 heavy (non-hydrogen) atoms. The van der Waals surface area contributed by atoms with E-state index < -0.39 is 11.6 Å². The average Bonchev–Trinajstić information content (AvgIpc) is 2.55.